The summed E-state index contributed by atoms with van der Waals surface area (Å²) in [6, 6.07) is 6.84. The molecular weight excluding hydrogens is 354 g/mol. The number of carbonyl (C=O) groups excluding carboxylic acids is 1. The van der Waals surface area contributed by atoms with Gasteiger partial charge in [-0.2, -0.15) is 4.31 Å². The summed E-state index contributed by atoms with van der Waals surface area (Å²) in [6.07, 6.45) is 2.20. The van der Waals surface area contributed by atoms with E-state index in [0.717, 1.165) is 5.56 Å². The number of amides is 1. The third-order valence-corrected chi connectivity index (χ3v) is 7.20. The van der Waals surface area contributed by atoms with Crippen molar-refractivity contribution in [1.29, 1.82) is 0 Å². The summed E-state index contributed by atoms with van der Waals surface area (Å²) in [6.45, 7) is 3.70. The van der Waals surface area contributed by atoms with Gasteiger partial charge in [0.2, 0.25) is 15.9 Å². The average molecular weight is 381 g/mol. The molecule has 2 saturated heterocycles. The molecule has 0 aromatic heterocycles. The Morgan fingerprint density at radius 3 is 2.35 bits per heavy atom. The molecule has 1 aromatic carbocycles. The predicted molar refractivity (Wildman–Crippen MR) is 98.1 cm³/mol. The highest BCUT2D eigenvalue weighted by atomic mass is 32.2. The van der Waals surface area contributed by atoms with Gasteiger partial charge in [-0.1, -0.05) is 17.7 Å². The number of nitrogens with two attached hydrogens (primary N) is 1. The molecular formula is C18H27N3O4S. The van der Waals surface area contributed by atoms with Crippen molar-refractivity contribution in [3.63, 3.8) is 0 Å². The molecule has 8 heteroatoms. The van der Waals surface area contributed by atoms with E-state index in [0.29, 0.717) is 56.9 Å². The van der Waals surface area contributed by atoms with E-state index >= 15 is 0 Å². The number of piperidine rings is 1. The Morgan fingerprint density at radius 1 is 1.19 bits per heavy atom. The van der Waals surface area contributed by atoms with Gasteiger partial charge in [0.15, 0.2) is 0 Å². The Hall–Kier alpha value is -1.48. The second-order valence-electron chi connectivity index (χ2n) is 7.23. The van der Waals surface area contributed by atoms with Crippen LogP contribution in [-0.2, 0) is 19.6 Å². The fraction of sp³-hybridized carbons (Fsp3) is 0.611. The number of sulfonamides is 1. The van der Waals surface area contributed by atoms with Crippen LogP contribution in [0, 0.1) is 6.92 Å². The third-order valence-electron chi connectivity index (χ3n) is 5.29. The van der Waals surface area contributed by atoms with Gasteiger partial charge in [0.1, 0.15) is 0 Å². The molecule has 7 nitrogen and oxygen atoms in total. The molecule has 2 aliphatic heterocycles. The summed E-state index contributed by atoms with van der Waals surface area (Å²) >= 11 is 0. The molecule has 3 rings (SSSR count). The lowest BCUT2D eigenvalue weighted by Gasteiger charge is -2.36. The summed E-state index contributed by atoms with van der Waals surface area (Å²) in [7, 11) is -3.48. The van der Waals surface area contributed by atoms with Crippen LogP contribution < -0.4 is 11.1 Å². The first-order valence-electron chi connectivity index (χ1n) is 9.06. The zero-order valence-corrected chi connectivity index (χ0v) is 15.9. The number of aryl methyl sites for hydroxylation is 1. The van der Waals surface area contributed by atoms with Crippen molar-refractivity contribution in [2.75, 3.05) is 26.3 Å². The number of rotatable bonds is 4. The van der Waals surface area contributed by atoms with Gasteiger partial charge in [0, 0.05) is 32.3 Å². The maximum atomic E-state index is 12.7. The Kier molecular flexibility index (Phi) is 5.67. The topological polar surface area (TPSA) is 102 Å². The number of benzene rings is 1. The van der Waals surface area contributed by atoms with Crippen molar-refractivity contribution < 1.29 is 17.9 Å². The summed E-state index contributed by atoms with van der Waals surface area (Å²) in [5.74, 6) is -0.152. The number of hydrogen-bond acceptors (Lipinski definition) is 5. The lowest BCUT2D eigenvalue weighted by Crippen LogP contribution is -2.59. The van der Waals surface area contributed by atoms with Crippen molar-refractivity contribution in [1.82, 2.24) is 9.62 Å². The third kappa shape index (κ3) is 4.09. The zero-order chi connectivity index (χ0) is 18.8. The van der Waals surface area contributed by atoms with Crippen LogP contribution in [0.4, 0.5) is 0 Å². The Balaban J connectivity index is 1.57. The minimum atomic E-state index is -3.48. The molecule has 2 aliphatic rings. The summed E-state index contributed by atoms with van der Waals surface area (Å²) in [5, 5.41) is 3.01. The van der Waals surface area contributed by atoms with Gasteiger partial charge in [-0.05, 0) is 44.7 Å². The molecule has 144 valence electrons. The molecule has 0 radical (unpaired) electrons. The molecule has 0 aliphatic carbocycles. The number of nitrogens with zero attached hydrogens (tertiary/aromatic N) is 1. The molecule has 3 N–H and O–H groups in total. The first-order valence-corrected chi connectivity index (χ1v) is 10.5. The maximum Gasteiger partial charge on any atom is 0.243 e. The molecule has 0 saturated carbocycles. The van der Waals surface area contributed by atoms with Crippen LogP contribution in [0.1, 0.15) is 31.2 Å². The number of nitrogens with one attached hydrogen (secondary N) is 1. The zero-order valence-electron chi connectivity index (χ0n) is 15.1. The average Bonchev–Trinajstić information content (AvgIpc) is 2.63. The van der Waals surface area contributed by atoms with Gasteiger partial charge in [-0.15, -0.1) is 0 Å². The number of carbonyl (C=O) groups is 1. The summed E-state index contributed by atoms with van der Waals surface area (Å²) < 4.78 is 32.2. The Bertz CT molecular complexity index is 734. The smallest absolute Gasteiger partial charge is 0.243 e. The van der Waals surface area contributed by atoms with Crippen molar-refractivity contribution in [2.45, 2.75) is 49.1 Å². The van der Waals surface area contributed by atoms with E-state index in [1.807, 2.05) is 6.92 Å². The SMILES string of the molecule is Cc1ccc(S(=O)(=O)N2CCC(NC(=O)C3(N)CCOCC3)CC2)cc1. The second-order valence-corrected chi connectivity index (χ2v) is 9.17. The van der Waals surface area contributed by atoms with E-state index in [9.17, 15) is 13.2 Å². The van der Waals surface area contributed by atoms with Gasteiger partial charge in [0.05, 0.1) is 10.4 Å². The largest absolute Gasteiger partial charge is 0.381 e. The van der Waals surface area contributed by atoms with Crippen LogP contribution >= 0.6 is 0 Å². The molecule has 0 bridgehead atoms. The van der Waals surface area contributed by atoms with Crippen LogP contribution in [0.3, 0.4) is 0 Å². The molecule has 1 amide bonds. The summed E-state index contributed by atoms with van der Waals surface area (Å²) in [4.78, 5) is 12.8. The molecule has 2 fully saturated rings. The van der Waals surface area contributed by atoms with Gasteiger partial charge in [-0.3, -0.25) is 4.79 Å². The Morgan fingerprint density at radius 2 is 1.77 bits per heavy atom. The summed E-state index contributed by atoms with van der Waals surface area (Å²) in [5.41, 5.74) is 6.36. The first-order chi connectivity index (χ1) is 12.3. The maximum absolute atomic E-state index is 12.7. The molecule has 0 unspecified atom stereocenters. The van der Waals surface area contributed by atoms with Crippen molar-refractivity contribution in [3.05, 3.63) is 29.8 Å². The highest BCUT2D eigenvalue weighted by molar-refractivity contribution is 7.89. The number of ether oxygens (including phenoxy) is 1. The highest BCUT2D eigenvalue weighted by Crippen LogP contribution is 2.23. The monoisotopic (exact) mass is 381 g/mol. The Labute approximate surface area is 154 Å². The lowest BCUT2D eigenvalue weighted by atomic mass is 9.89. The van der Waals surface area contributed by atoms with E-state index in [1.54, 1.807) is 24.3 Å². The van der Waals surface area contributed by atoms with Crippen molar-refractivity contribution >= 4 is 15.9 Å². The van der Waals surface area contributed by atoms with E-state index in [2.05, 4.69) is 5.32 Å². The van der Waals surface area contributed by atoms with Crippen LogP contribution in [0.5, 0.6) is 0 Å². The van der Waals surface area contributed by atoms with Crippen LogP contribution in [0.15, 0.2) is 29.2 Å². The molecule has 26 heavy (non-hydrogen) atoms. The normalized spacial score (nSPS) is 22.1. The quantitative estimate of drug-likeness (QED) is 0.802. The minimum absolute atomic E-state index is 0.0461. The van der Waals surface area contributed by atoms with E-state index in [1.165, 1.54) is 4.31 Å². The van der Waals surface area contributed by atoms with Crippen LogP contribution in [0.25, 0.3) is 0 Å². The fourth-order valence-corrected chi connectivity index (χ4v) is 4.86. The first kappa shape index (κ1) is 19.3. The molecule has 2 heterocycles. The van der Waals surface area contributed by atoms with Crippen LogP contribution in [0.2, 0.25) is 0 Å². The predicted octanol–water partition coefficient (Wildman–Crippen LogP) is 0.772. The van der Waals surface area contributed by atoms with Crippen LogP contribution in [-0.4, -0.2) is 56.5 Å². The highest BCUT2D eigenvalue weighted by Gasteiger charge is 2.38. The fourth-order valence-electron chi connectivity index (χ4n) is 3.39. The molecule has 0 atom stereocenters. The van der Waals surface area contributed by atoms with Gasteiger partial charge >= 0.3 is 0 Å². The van der Waals surface area contributed by atoms with E-state index in [4.69, 9.17) is 10.5 Å². The molecule has 1 aromatic rings. The standard InChI is InChI=1S/C18H27N3O4S/c1-14-2-4-16(5-3-14)26(23,24)21-10-6-15(7-11-21)20-17(22)18(19)8-12-25-13-9-18/h2-5,15H,6-13,19H2,1H3,(H,20,22). The second kappa shape index (κ2) is 7.64. The molecule has 0 spiro atoms. The van der Waals surface area contributed by atoms with Crippen molar-refractivity contribution in [2.24, 2.45) is 5.73 Å². The lowest BCUT2D eigenvalue weighted by molar-refractivity contribution is -0.130. The van der Waals surface area contributed by atoms with Gasteiger partial charge in [-0.25, -0.2) is 8.42 Å². The van der Waals surface area contributed by atoms with Gasteiger partial charge < -0.3 is 15.8 Å². The number of hydrogen-bond donors (Lipinski definition) is 2. The van der Waals surface area contributed by atoms with Crippen molar-refractivity contribution in [3.8, 4) is 0 Å². The van der Waals surface area contributed by atoms with E-state index < -0.39 is 15.6 Å². The minimum Gasteiger partial charge on any atom is -0.381 e. The van der Waals surface area contributed by atoms with E-state index in [-0.39, 0.29) is 11.9 Å². The van der Waals surface area contributed by atoms with Gasteiger partial charge in [0.25, 0.3) is 0 Å².